The van der Waals surface area contributed by atoms with Crippen molar-refractivity contribution in [1.29, 1.82) is 0 Å². The number of likely N-dealkylation sites (N-methyl/N-ethyl adjacent to an activating group) is 1. The standard InChI is InChI=1S/C16H19N3O/c1-19(12-10-15-9-5-6-11-17-15)16(20)13-18-14-7-3-2-4-8-14/h2-9,11,18H,10,12-13H2,1H3. The maximum atomic E-state index is 12.0. The molecule has 1 heterocycles. The van der Waals surface area contributed by atoms with Gasteiger partial charge >= 0.3 is 0 Å². The second-order valence-corrected chi connectivity index (χ2v) is 4.61. The van der Waals surface area contributed by atoms with Crippen LogP contribution in [0.15, 0.2) is 54.7 Å². The largest absolute Gasteiger partial charge is 0.376 e. The van der Waals surface area contributed by atoms with Crippen molar-refractivity contribution in [3.8, 4) is 0 Å². The molecule has 0 saturated heterocycles. The lowest BCUT2D eigenvalue weighted by molar-refractivity contribution is -0.127. The third-order valence-corrected chi connectivity index (χ3v) is 3.07. The summed E-state index contributed by atoms with van der Waals surface area (Å²) in [7, 11) is 1.82. The zero-order chi connectivity index (χ0) is 14.2. The number of nitrogens with zero attached hydrogens (tertiary/aromatic N) is 2. The second-order valence-electron chi connectivity index (χ2n) is 4.61. The number of aromatic nitrogens is 1. The molecule has 104 valence electrons. The normalized spacial score (nSPS) is 10.1. The van der Waals surface area contributed by atoms with Crippen molar-refractivity contribution in [2.45, 2.75) is 6.42 Å². The number of amides is 1. The van der Waals surface area contributed by atoms with Gasteiger partial charge in [-0.25, -0.2) is 0 Å². The minimum atomic E-state index is 0.0739. The second kappa shape index (κ2) is 7.28. The van der Waals surface area contributed by atoms with Gasteiger partial charge in [-0.3, -0.25) is 9.78 Å². The Bertz CT molecular complexity index is 528. The van der Waals surface area contributed by atoms with Gasteiger partial charge in [0.15, 0.2) is 0 Å². The number of para-hydroxylation sites is 1. The Labute approximate surface area is 119 Å². The van der Waals surface area contributed by atoms with Crippen LogP contribution in [0.4, 0.5) is 5.69 Å². The Balaban J connectivity index is 1.75. The van der Waals surface area contributed by atoms with E-state index in [9.17, 15) is 4.79 Å². The van der Waals surface area contributed by atoms with Crippen molar-refractivity contribution in [1.82, 2.24) is 9.88 Å². The topological polar surface area (TPSA) is 45.2 Å². The van der Waals surface area contributed by atoms with Crippen LogP contribution in [0.25, 0.3) is 0 Å². The fraction of sp³-hybridized carbons (Fsp3) is 0.250. The van der Waals surface area contributed by atoms with E-state index in [0.29, 0.717) is 13.1 Å². The number of carbonyl (C=O) groups excluding carboxylic acids is 1. The summed E-state index contributed by atoms with van der Waals surface area (Å²) < 4.78 is 0. The molecule has 1 N–H and O–H groups in total. The summed E-state index contributed by atoms with van der Waals surface area (Å²) in [6.45, 7) is 0.981. The molecule has 20 heavy (non-hydrogen) atoms. The van der Waals surface area contributed by atoms with E-state index in [4.69, 9.17) is 0 Å². The molecule has 0 aliphatic heterocycles. The van der Waals surface area contributed by atoms with Gasteiger partial charge in [0.05, 0.1) is 6.54 Å². The molecule has 0 fully saturated rings. The molecule has 0 bridgehead atoms. The smallest absolute Gasteiger partial charge is 0.241 e. The Morgan fingerprint density at radius 2 is 1.90 bits per heavy atom. The van der Waals surface area contributed by atoms with E-state index >= 15 is 0 Å². The predicted molar refractivity (Wildman–Crippen MR) is 80.5 cm³/mol. The zero-order valence-corrected chi connectivity index (χ0v) is 11.6. The van der Waals surface area contributed by atoms with Gasteiger partial charge in [0.25, 0.3) is 0 Å². The average molecular weight is 269 g/mol. The average Bonchev–Trinajstić information content (AvgIpc) is 2.52. The summed E-state index contributed by atoms with van der Waals surface area (Å²) in [5.41, 5.74) is 1.96. The van der Waals surface area contributed by atoms with Gasteiger partial charge < -0.3 is 10.2 Å². The highest BCUT2D eigenvalue weighted by molar-refractivity contribution is 5.80. The highest BCUT2D eigenvalue weighted by atomic mass is 16.2. The van der Waals surface area contributed by atoms with Crippen LogP contribution < -0.4 is 5.32 Å². The Morgan fingerprint density at radius 1 is 1.15 bits per heavy atom. The van der Waals surface area contributed by atoms with Crippen LogP contribution in [0, 0.1) is 0 Å². The summed E-state index contributed by atoms with van der Waals surface area (Å²) in [5.74, 6) is 0.0739. The van der Waals surface area contributed by atoms with Gasteiger partial charge in [-0.2, -0.15) is 0 Å². The molecule has 0 atom stereocenters. The van der Waals surface area contributed by atoms with E-state index in [-0.39, 0.29) is 5.91 Å². The number of nitrogens with one attached hydrogen (secondary N) is 1. The zero-order valence-electron chi connectivity index (χ0n) is 11.6. The number of pyridine rings is 1. The number of hydrogen-bond donors (Lipinski definition) is 1. The van der Waals surface area contributed by atoms with Gasteiger partial charge in [0, 0.05) is 37.6 Å². The summed E-state index contributed by atoms with van der Waals surface area (Å²) in [5, 5.41) is 3.12. The Hall–Kier alpha value is -2.36. The van der Waals surface area contributed by atoms with Crippen LogP contribution in [0.1, 0.15) is 5.69 Å². The van der Waals surface area contributed by atoms with E-state index in [1.165, 1.54) is 0 Å². The first-order valence-electron chi connectivity index (χ1n) is 6.68. The summed E-state index contributed by atoms with van der Waals surface area (Å²) in [4.78, 5) is 18.0. The van der Waals surface area contributed by atoms with Crippen LogP contribution in [0.3, 0.4) is 0 Å². The van der Waals surface area contributed by atoms with Crippen LogP contribution in [0.2, 0.25) is 0 Å². The fourth-order valence-electron chi connectivity index (χ4n) is 1.82. The van der Waals surface area contributed by atoms with E-state index in [1.54, 1.807) is 11.1 Å². The van der Waals surface area contributed by atoms with E-state index in [2.05, 4.69) is 10.3 Å². The molecule has 0 aliphatic carbocycles. The predicted octanol–water partition coefficient (Wildman–Crippen LogP) is 2.19. The van der Waals surface area contributed by atoms with Gasteiger partial charge in [-0.05, 0) is 24.3 Å². The molecule has 4 heteroatoms. The number of hydrogen-bond acceptors (Lipinski definition) is 3. The number of anilines is 1. The molecule has 0 radical (unpaired) electrons. The summed E-state index contributed by atoms with van der Waals surface area (Å²) in [6, 6.07) is 15.5. The maximum Gasteiger partial charge on any atom is 0.241 e. The Morgan fingerprint density at radius 3 is 2.60 bits per heavy atom. The van der Waals surface area contributed by atoms with Crippen molar-refractivity contribution in [2.75, 3.05) is 25.5 Å². The van der Waals surface area contributed by atoms with E-state index in [0.717, 1.165) is 17.8 Å². The maximum absolute atomic E-state index is 12.0. The quantitative estimate of drug-likeness (QED) is 0.874. The minimum Gasteiger partial charge on any atom is -0.376 e. The van der Waals surface area contributed by atoms with Crippen molar-refractivity contribution < 1.29 is 4.79 Å². The van der Waals surface area contributed by atoms with Crippen molar-refractivity contribution in [3.63, 3.8) is 0 Å². The van der Waals surface area contributed by atoms with Crippen LogP contribution in [-0.2, 0) is 11.2 Å². The van der Waals surface area contributed by atoms with Gasteiger partial charge in [-0.1, -0.05) is 24.3 Å². The van der Waals surface area contributed by atoms with E-state index < -0.39 is 0 Å². The van der Waals surface area contributed by atoms with Crippen molar-refractivity contribution in [3.05, 3.63) is 60.4 Å². The molecule has 0 saturated carbocycles. The van der Waals surface area contributed by atoms with Crippen LogP contribution in [0.5, 0.6) is 0 Å². The lowest BCUT2D eigenvalue weighted by Crippen LogP contribution is -2.33. The first-order valence-corrected chi connectivity index (χ1v) is 6.68. The third kappa shape index (κ3) is 4.39. The van der Waals surface area contributed by atoms with Gasteiger partial charge in [0.2, 0.25) is 5.91 Å². The van der Waals surface area contributed by atoms with Crippen LogP contribution in [-0.4, -0.2) is 35.9 Å². The number of carbonyl (C=O) groups is 1. The molecular formula is C16H19N3O. The summed E-state index contributed by atoms with van der Waals surface area (Å²) >= 11 is 0. The highest BCUT2D eigenvalue weighted by Crippen LogP contribution is 2.04. The number of benzene rings is 1. The molecular weight excluding hydrogens is 250 g/mol. The third-order valence-electron chi connectivity index (χ3n) is 3.07. The van der Waals surface area contributed by atoms with Gasteiger partial charge in [-0.15, -0.1) is 0 Å². The van der Waals surface area contributed by atoms with Crippen LogP contribution >= 0.6 is 0 Å². The van der Waals surface area contributed by atoms with E-state index in [1.807, 2.05) is 55.6 Å². The molecule has 4 nitrogen and oxygen atoms in total. The Kier molecular flexibility index (Phi) is 5.12. The molecule has 0 spiro atoms. The number of rotatable bonds is 6. The SMILES string of the molecule is CN(CCc1ccccn1)C(=O)CNc1ccccc1. The molecule has 0 aliphatic rings. The fourth-order valence-corrected chi connectivity index (χ4v) is 1.82. The lowest BCUT2D eigenvalue weighted by atomic mass is 10.2. The molecule has 2 rings (SSSR count). The first-order chi connectivity index (χ1) is 9.75. The molecule has 1 amide bonds. The van der Waals surface area contributed by atoms with Crippen molar-refractivity contribution >= 4 is 11.6 Å². The molecule has 1 aromatic heterocycles. The lowest BCUT2D eigenvalue weighted by Gasteiger charge is -2.17. The molecule has 1 aromatic carbocycles. The molecule has 2 aromatic rings. The highest BCUT2D eigenvalue weighted by Gasteiger charge is 2.08. The molecule has 0 unspecified atom stereocenters. The summed E-state index contributed by atoms with van der Waals surface area (Å²) in [6.07, 6.45) is 2.54. The van der Waals surface area contributed by atoms with Crippen molar-refractivity contribution in [2.24, 2.45) is 0 Å². The first kappa shape index (κ1) is 14.1. The minimum absolute atomic E-state index is 0.0739. The van der Waals surface area contributed by atoms with Gasteiger partial charge in [0.1, 0.15) is 0 Å². The monoisotopic (exact) mass is 269 g/mol.